The van der Waals surface area contributed by atoms with E-state index in [4.69, 9.17) is 0 Å². The summed E-state index contributed by atoms with van der Waals surface area (Å²) >= 11 is 1.24. The van der Waals surface area contributed by atoms with E-state index in [0.717, 1.165) is 10.9 Å². The number of rotatable bonds is 5. The molecule has 0 radical (unpaired) electrons. The molecule has 4 aromatic rings. The van der Waals surface area contributed by atoms with Gasteiger partial charge >= 0.3 is 0 Å². The van der Waals surface area contributed by atoms with Gasteiger partial charge in [0.1, 0.15) is 5.82 Å². The fraction of sp³-hybridized carbons (Fsp3) is 0.105. The number of carbonyl (C=O) groups is 1. The van der Waals surface area contributed by atoms with Gasteiger partial charge in [0.25, 0.3) is 0 Å². The van der Waals surface area contributed by atoms with E-state index in [1.54, 1.807) is 24.4 Å². The van der Waals surface area contributed by atoms with Gasteiger partial charge in [0.05, 0.1) is 10.8 Å². The first-order chi connectivity index (χ1) is 12.6. The third kappa shape index (κ3) is 3.01. The van der Waals surface area contributed by atoms with Gasteiger partial charge in [0.2, 0.25) is 5.16 Å². The second-order valence-electron chi connectivity index (χ2n) is 5.82. The highest BCUT2D eigenvalue weighted by molar-refractivity contribution is 8.00. The van der Waals surface area contributed by atoms with E-state index in [9.17, 15) is 9.18 Å². The molecule has 0 bridgehead atoms. The number of hydrogen-bond donors (Lipinski definition) is 2. The highest BCUT2D eigenvalue weighted by Gasteiger charge is 2.22. The van der Waals surface area contributed by atoms with Crippen LogP contribution in [0.25, 0.3) is 22.3 Å². The molecule has 0 aliphatic heterocycles. The lowest BCUT2D eigenvalue weighted by Gasteiger charge is -2.06. The lowest BCUT2D eigenvalue weighted by molar-refractivity contribution is 0.0995. The number of aromatic amines is 2. The minimum absolute atomic E-state index is 0.00954. The van der Waals surface area contributed by atoms with Crippen molar-refractivity contribution in [2.45, 2.75) is 17.3 Å². The van der Waals surface area contributed by atoms with Crippen LogP contribution in [0.4, 0.5) is 4.39 Å². The molecule has 2 aromatic carbocycles. The number of halogens is 1. The molecule has 2 N–H and O–H groups in total. The lowest BCUT2D eigenvalue weighted by Crippen LogP contribution is -2.13. The van der Waals surface area contributed by atoms with E-state index in [2.05, 4.69) is 20.2 Å². The van der Waals surface area contributed by atoms with Crippen LogP contribution in [-0.2, 0) is 0 Å². The normalized spacial score (nSPS) is 12.4. The molecule has 26 heavy (non-hydrogen) atoms. The molecular weight excluding hydrogens is 351 g/mol. The monoisotopic (exact) mass is 366 g/mol. The Morgan fingerprint density at radius 3 is 2.77 bits per heavy atom. The first-order valence-electron chi connectivity index (χ1n) is 8.08. The zero-order valence-electron chi connectivity index (χ0n) is 13.9. The average molecular weight is 366 g/mol. The average Bonchev–Trinajstić information content (AvgIpc) is 3.28. The van der Waals surface area contributed by atoms with E-state index < -0.39 is 0 Å². The Morgan fingerprint density at radius 2 is 1.92 bits per heavy atom. The third-order valence-electron chi connectivity index (χ3n) is 4.10. The van der Waals surface area contributed by atoms with Crippen molar-refractivity contribution in [2.75, 3.05) is 0 Å². The molecule has 130 valence electrons. The van der Waals surface area contributed by atoms with Gasteiger partial charge in [-0.15, -0.1) is 5.10 Å². The molecule has 0 fully saturated rings. The van der Waals surface area contributed by atoms with Crippen LogP contribution in [0.5, 0.6) is 0 Å². The van der Waals surface area contributed by atoms with Crippen molar-refractivity contribution in [3.8, 4) is 11.4 Å². The molecular formula is C19H15FN4OS. The van der Waals surface area contributed by atoms with Crippen LogP contribution in [0, 0.1) is 5.82 Å². The van der Waals surface area contributed by atoms with Crippen LogP contribution in [0.1, 0.15) is 17.3 Å². The summed E-state index contributed by atoms with van der Waals surface area (Å²) in [4.78, 5) is 20.2. The van der Waals surface area contributed by atoms with Gasteiger partial charge < -0.3 is 4.98 Å². The highest BCUT2D eigenvalue weighted by atomic mass is 32.2. The minimum atomic E-state index is -0.376. The van der Waals surface area contributed by atoms with Gasteiger partial charge in [-0.25, -0.2) is 9.37 Å². The molecule has 0 saturated heterocycles. The molecule has 0 aliphatic rings. The number of nitrogens with one attached hydrogen (secondary N) is 2. The molecule has 2 aromatic heterocycles. The number of carbonyl (C=O) groups excluding carboxylic acids is 1. The molecule has 0 aliphatic carbocycles. The summed E-state index contributed by atoms with van der Waals surface area (Å²) in [5, 5.41) is 7.76. The van der Waals surface area contributed by atoms with Gasteiger partial charge in [0, 0.05) is 22.7 Å². The summed E-state index contributed by atoms with van der Waals surface area (Å²) in [6.07, 6.45) is 1.73. The number of Topliss-reactive ketones (excluding diaryl/α,β-unsaturated/α-hetero) is 1. The quantitative estimate of drug-likeness (QED) is 0.404. The van der Waals surface area contributed by atoms with Crippen molar-refractivity contribution in [3.05, 3.63) is 66.1 Å². The second-order valence-corrected chi connectivity index (χ2v) is 7.13. The Kier molecular flexibility index (Phi) is 4.30. The Morgan fingerprint density at radius 1 is 1.15 bits per heavy atom. The predicted molar refractivity (Wildman–Crippen MR) is 99.7 cm³/mol. The first-order valence-corrected chi connectivity index (χ1v) is 8.96. The topological polar surface area (TPSA) is 74.4 Å². The zero-order chi connectivity index (χ0) is 18.1. The summed E-state index contributed by atoms with van der Waals surface area (Å²) in [6.45, 7) is 1.81. The number of nitrogens with zero attached hydrogens (tertiary/aromatic N) is 2. The Hall–Kier alpha value is -2.93. The number of fused-ring (bicyclic) bond motifs is 1. The number of H-pyrrole nitrogens is 2. The van der Waals surface area contributed by atoms with E-state index in [-0.39, 0.29) is 16.9 Å². The number of benzene rings is 2. The Bertz CT molecular complexity index is 1090. The molecule has 5 nitrogen and oxygen atoms in total. The van der Waals surface area contributed by atoms with Crippen LogP contribution >= 0.6 is 11.8 Å². The Balaban J connectivity index is 1.54. The summed E-state index contributed by atoms with van der Waals surface area (Å²) in [5.74, 6) is -0.0369. The fourth-order valence-electron chi connectivity index (χ4n) is 2.78. The van der Waals surface area contributed by atoms with Gasteiger partial charge in [-0.05, 0) is 25.1 Å². The summed E-state index contributed by atoms with van der Waals surface area (Å²) in [5.41, 5.74) is 1.92. The minimum Gasteiger partial charge on any atom is -0.360 e. The standard InChI is InChI=1S/C19H15FN4OS/c1-11(17(25)14-10-21-16-9-5-3-6-12(14)16)26-19-22-18(23-24-19)13-7-2-4-8-15(13)20/h2-11,21H,1H3,(H,22,23,24)/t11-/m0/s1. The SMILES string of the molecule is C[C@H](Sc1n[nH]c(-c2ccccc2F)n1)C(=O)c1c[nH]c2ccccc12. The molecule has 2 heterocycles. The Labute approximate surface area is 153 Å². The third-order valence-corrected chi connectivity index (χ3v) is 5.06. The van der Waals surface area contributed by atoms with Gasteiger partial charge in [-0.3, -0.25) is 9.89 Å². The van der Waals surface area contributed by atoms with Gasteiger partial charge in [-0.1, -0.05) is 42.1 Å². The maximum Gasteiger partial charge on any atom is 0.209 e. The number of thioether (sulfide) groups is 1. The molecule has 4 rings (SSSR count). The maximum absolute atomic E-state index is 13.9. The summed E-state index contributed by atoms with van der Waals surface area (Å²) < 4.78 is 13.9. The van der Waals surface area contributed by atoms with Crippen LogP contribution < -0.4 is 0 Å². The molecule has 0 spiro atoms. The van der Waals surface area contributed by atoms with Gasteiger partial charge in [0.15, 0.2) is 11.6 Å². The predicted octanol–water partition coefficient (Wildman–Crippen LogP) is 4.46. The van der Waals surface area contributed by atoms with E-state index in [1.165, 1.54) is 17.8 Å². The smallest absolute Gasteiger partial charge is 0.209 e. The van der Waals surface area contributed by atoms with Crippen molar-refractivity contribution in [3.63, 3.8) is 0 Å². The molecule has 0 saturated carbocycles. The molecule has 0 amide bonds. The van der Waals surface area contributed by atoms with Crippen LogP contribution in [0.3, 0.4) is 0 Å². The number of ketones is 1. The largest absolute Gasteiger partial charge is 0.360 e. The number of aromatic nitrogens is 4. The zero-order valence-corrected chi connectivity index (χ0v) is 14.7. The van der Waals surface area contributed by atoms with Crippen molar-refractivity contribution < 1.29 is 9.18 Å². The van der Waals surface area contributed by atoms with Crippen LogP contribution in [-0.4, -0.2) is 31.2 Å². The molecule has 0 unspecified atom stereocenters. The molecule has 7 heteroatoms. The molecule has 1 atom stereocenters. The number of para-hydroxylation sites is 1. The van der Waals surface area contributed by atoms with Crippen molar-refractivity contribution in [1.29, 1.82) is 0 Å². The lowest BCUT2D eigenvalue weighted by atomic mass is 10.1. The number of hydrogen-bond acceptors (Lipinski definition) is 4. The van der Waals surface area contributed by atoms with Crippen molar-refractivity contribution in [1.82, 2.24) is 20.2 Å². The second kappa shape index (κ2) is 6.76. The van der Waals surface area contributed by atoms with Crippen LogP contribution in [0.15, 0.2) is 59.9 Å². The van der Waals surface area contributed by atoms with Gasteiger partial charge in [-0.2, -0.15) is 0 Å². The summed E-state index contributed by atoms with van der Waals surface area (Å²) in [6, 6.07) is 14.0. The van der Waals surface area contributed by atoms with Crippen LogP contribution in [0.2, 0.25) is 0 Å². The van der Waals surface area contributed by atoms with Crippen molar-refractivity contribution in [2.24, 2.45) is 0 Å². The van der Waals surface area contributed by atoms with E-state index in [1.807, 2.05) is 31.2 Å². The highest BCUT2D eigenvalue weighted by Crippen LogP contribution is 2.28. The fourth-order valence-corrected chi connectivity index (χ4v) is 3.57. The van der Waals surface area contributed by atoms with E-state index in [0.29, 0.717) is 22.1 Å². The maximum atomic E-state index is 13.9. The van der Waals surface area contributed by atoms with E-state index >= 15 is 0 Å². The summed E-state index contributed by atoms with van der Waals surface area (Å²) in [7, 11) is 0. The van der Waals surface area contributed by atoms with Crippen molar-refractivity contribution >= 4 is 28.4 Å². The first kappa shape index (κ1) is 16.5.